The molecule has 0 unspecified atom stereocenters. The molecule has 1 aliphatic rings. The van der Waals surface area contributed by atoms with Gasteiger partial charge in [-0.05, 0) is 38.1 Å². The van der Waals surface area contributed by atoms with Gasteiger partial charge in [-0.15, -0.1) is 0 Å². The predicted molar refractivity (Wildman–Crippen MR) is 51.5 cm³/mol. The second-order valence-electron chi connectivity index (χ2n) is 3.20. The molecule has 0 aliphatic heterocycles. The normalized spacial score (nSPS) is 19.2. The zero-order chi connectivity index (χ0) is 7.94. The zero-order valence-corrected chi connectivity index (χ0v) is 8.85. The third-order valence-corrected chi connectivity index (χ3v) is 3.28. The summed E-state index contributed by atoms with van der Waals surface area (Å²) >= 11 is 0. The Morgan fingerprint density at radius 2 is 2.45 bits per heavy atom. The van der Waals surface area contributed by atoms with Crippen molar-refractivity contribution in [3.05, 3.63) is 11.6 Å². The van der Waals surface area contributed by atoms with E-state index in [2.05, 4.69) is 6.08 Å². The lowest BCUT2D eigenvalue weighted by atomic mass is 9.98. The summed E-state index contributed by atoms with van der Waals surface area (Å²) in [5, 5.41) is 0. The number of allylic oxidation sites excluding steroid dienone is 2. The van der Waals surface area contributed by atoms with Gasteiger partial charge in [0.15, 0.2) is 9.76 Å². The lowest BCUT2D eigenvalue weighted by Gasteiger charge is -2.11. The van der Waals surface area contributed by atoms with Crippen LogP contribution in [0.3, 0.4) is 0 Å². The zero-order valence-electron chi connectivity index (χ0n) is 7.44. The Morgan fingerprint density at radius 3 is 3.09 bits per heavy atom. The van der Waals surface area contributed by atoms with E-state index >= 15 is 0 Å². The summed E-state index contributed by atoms with van der Waals surface area (Å²) < 4.78 is 5.14. The first-order valence-electron chi connectivity index (χ1n) is 4.60. The standard InChI is InChI=1S/C9H18OSi/c1-10-11-8-7-9-5-3-2-4-6-9/h5H,2-4,6-8,11H2,1H3. The van der Waals surface area contributed by atoms with E-state index in [-0.39, 0.29) is 9.76 Å². The monoisotopic (exact) mass is 170 g/mol. The lowest BCUT2D eigenvalue weighted by molar-refractivity contribution is 0.440. The van der Waals surface area contributed by atoms with Crippen LogP contribution in [0.25, 0.3) is 0 Å². The van der Waals surface area contributed by atoms with Crippen molar-refractivity contribution in [1.82, 2.24) is 0 Å². The molecular formula is C9H18OSi. The van der Waals surface area contributed by atoms with Crippen molar-refractivity contribution < 1.29 is 4.43 Å². The van der Waals surface area contributed by atoms with Crippen molar-refractivity contribution in [3.63, 3.8) is 0 Å². The summed E-state index contributed by atoms with van der Waals surface area (Å²) in [6.45, 7) is 0. The lowest BCUT2D eigenvalue weighted by Crippen LogP contribution is -1.96. The third kappa shape index (κ3) is 3.73. The predicted octanol–water partition coefficient (Wildman–Crippen LogP) is 2.03. The van der Waals surface area contributed by atoms with Crippen molar-refractivity contribution in [3.8, 4) is 0 Å². The summed E-state index contributed by atoms with van der Waals surface area (Å²) in [4.78, 5) is 0. The van der Waals surface area contributed by atoms with E-state index in [1.165, 1.54) is 38.1 Å². The number of hydrogen-bond donors (Lipinski definition) is 0. The fourth-order valence-electron chi connectivity index (χ4n) is 1.58. The molecule has 0 N–H and O–H groups in total. The van der Waals surface area contributed by atoms with Gasteiger partial charge >= 0.3 is 0 Å². The Hall–Kier alpha value is -0.0831. The first-order chi connectivity index (χ1) is 5.43. The molecule has 0 amide bonds. The van der Waals surface area contributed by atoms with Crippen LogP contribution in [0.4, 0.5) is 0 Å². The van der Waals surface area contributed by atoms with Crippen LogP contribution in [-0.2, 0) is 4.43 Å². The molecule has 0 radical (unpaired) electrons. The Bertz CT molecular complexity index is 132. The quantitative estimate of drug-likeness (QED) is 0.356. The molecule has 11 heavy (non-hydrogen) atoms. The minimum absolute atomic E-state index is 0.164. The van der Waals surface area contributed by atoms with Crippen LogP contribution in [-0.4, -0.2) is 16.9 Å². The molecular weight excluding hydrogens is 152 g/mol. The topological polar surface area (TPSA) is 9.23 Å². The van der Waals surface area contributed by atoms with Gasteiger partial charge in [-0.25, -0.2) is 0 Å². The first-order valence-corrected chi connectivity index (χ1v) is 6.18. The summed E-state index contributed by atoms with van der Waals surface area (Å²) in [5.41, 5.74) is 1.70. The van der Waals surface area contributed by atoms with Gasteiger partial charge in [-0.2, -0.15) is 0 Å². The average Bonchev–Trinajstić information content (AvgIpc) is 2.07. The Balaban J connectivity index is 2.09. The van der Waals surface area contributed by atoms with E-state index in [9.17, 15) is 0 Å². The summed E-state index contributed by atoms with van der Waals surface area (Å²) in [7, 11) is 1.67. The Morgan fingerprint density at radius 1 is 1.55 bits per heavy atom. The molecule has 0 aromatic rings. The SMILES string of the molecule is CO[SiH2]CCC1=CCCCC1. The Labute approximate surface area is 71.8 Å². The molecule has 2 heteroatoms. The van der Waals surface area contributed by atoms with Crippen molar-refractivity contribution in [2.45, 2.75) is 38.1 Å². The van der Waals surface area contributed by atoms with Gasteiger partial charge in [-0.3, -0.25) is 0 Å². The molecule has 0 spiro atoms. The van der Waals surface area contributed by atoms with E-state index in [1.807, 2.05) is 7.11 Å². The van der Waals surface area contributed by atoms with Crippen LogP contribution in [0.2, 0.25) is 6.04 Å². The molecule has 0 heterocycles. The largest absolute Gasteiger partial charge is 0.427 e. The fourth-order valence-corrected chi connectivity index (χ4v) is 2.46. The summed E-state index contributed by atoms with van der Waals surface area (Å²) in [6.07, 6.45) is 9.27. The van der Waals surface area contributed by atoms with Crippen molar-refractivity contribution >= 4 is 9.76 Å². The summed E-state index contributed by atoms with van der Waals surface area (Å²) in [6, 6.07) is 1.34. The van der Waals surface area contributed by atoms with E-state index in [1.54, 1.807) is 5.57 Å². The van der Waals surface area contributed by atoms with E-state index in [0.717, 1.165) is 0 Å². The first kappa shape index (κ1) is 9.01. The van der Waals surface area contributed by atoms with Crippen LogP contribution < -0.4 is 0 Å². The molecule has 0 saturated heterocycles. The van der Waals surface area contributed by atoms with Crippen molar-refractivity contribution in [2.24, 2.45) is 0 Å². The highest BCUT2D eigenvalue weighted by atomic mass is 28.2. The molecule has 1 nitrogen and oxygen atoms in total. The molecule has 1 aliphatic carbocycles. The van der Waals surface area contributed by atoms with Gasteiger partial charge in [0.25, 0.3) is 0 Å². The van der Waals surface area contributed by atoms with Gasteiger partial charge in [0.2, 0.25) is 0 Å². The molecule has 0 fully saturated rings. The second-order valence-corrected chi connectivity index (χ2v) is 4.90. The molecule has 0 saturated carbocycles. The molecule has 0 atom stereocenters. The van der Waals surface area contributed by atoms with Gasteiger partial charge in [0.05, 0.1) is 0 Å². The van der Waals surface area contributed by atoms with Crippen molar-refractivity contribution in [2.75, 3.05) is 7.11 Å². The maximum absolute atomic E-state index is 5.14. The molecule has 0 aromatic carbocycles. The van der Waals surface area contributed by atoms with E-state index in [4.69, 9.17) is 4.43 Å². The van der Waals surface area contributed by atoms with E-state index < -0.39 is 0 Å². The van der Waals surface area contributed by atoms with Crippen LogP contribution in [0, 0.1) is 0 Å². The molecule has 0 aromatic heterocycles. The second kappa shape index (κ2) is 5.55. The van der Waals surface area contributed by atoms with Crippen LogP contribution >= 0.6 is 0 Å². The van der Waals surface area contributed by atoms with Crippen LogP contribution in [0.1, 0.15) is 32.1 Å². The van der Waals surface area contributed by atoms with Crippen molar-refractivity contribution in [1.29, 1.82) is 0 Å². The van der Waals surface area contributed by atoms with Gasteiger partial charge in [0.1, 0.15) is 0 Å². The molecule has 64 valence electrons. The molecule has 0 bridgehead atoms. The minimum atomic E-state index is -0.164. The van der Waals surface area contributed by atoms with Gasteiger partial charge < -0.3 is 4.43 Å². The maximum atomic E-state index is 5.14. The van der Waals surface area contributed by atoms with Gasteiger partial charge in [-0.1, -0.05) is 11.6 Å². The smallest absolute Gasteiger partial charge is 0.161 e. The average molecular weight is 170 g/mol. The van der Waals surface area contributed by atoms with Gasteiger partial charge in [0, 0.05) is 7.11 Å². The number of rotatable bonds is 4. The highest BCUT2D eigenvalue weighted by molar-refractivity contribution is 6.26. The highest BCUT2D eigenvalue weighted by Crippen LogP contribution is 2.20. The van der Waals surface area contributed by atoms with E-state index in [0.29, 0.717) is 0 Å². The number of hydrogen-bond acceptors (Lipinski definition) is 1. The minimum Gasteiger partial charge on any atom is -0.427 e. The van der Waals surface area contributed by atoms with Crippen LogP contribution in [0.5, 0.6) is 0 Å². The highest BCUT2D eigenvalue weighted by Gasteiger charge is 2.02. The Kier molecular flexibility index (Phi) is 4.55. The third-order valence-electron chi connectivity index (χ3n) is 2.23. The fraction of sp³-hybridized carbons (Fsp3) is 0.778. The summed E-state index contributed by atoms with van der Waals surface area (Å²) in [5.74, 6) is 0. The van der Waals surface area contributed by atoms with Crippen LogP contribution in [0.15, 0.2) is 11.6 Å². The molecule has 1 rings (SSSR count). The maximum Gasteiger partial charge on any atom is 0.161 e.